The third-order valence-electron chi connectivity index (χ3n) is 4.54. The first kappa shape index (κ1) is 20.7. The van der Waals surface area contributed by atoms with Crippen LogP contribution in [0.15, 0.2) is 63.5 Å². The lowest BCUT2D eigenvalue weighted by atomic mass is 10.0. The second kappa shape index (κ2) is 9.04. The molecule has 0 spiro atoms. The first-order valence-corrected chi connectivity index (χ1v) is 10.5. The number of furan rings is 1. The van der Waals surface area contributed by atoms with E-state index in [0.29, 0.717) is 16.6 Å². The van der Waals surface area contributed by atoms with Gasteiger partial charge in [0.15, 0.2) is 0 Å². The van der Waals surface area contributed by atoms with Crippen LogP contribution in [0, 0.1) is 6.92 Å². The molecule has 1 aromatic carbocycles. The molecule has 10 nitrogen and oxygen atoms in total. The molecule has 0 unspecified atom stereocenters. The monoisotopic (exact) mass is 440 g/mol. The van der Waals surface area contributed by atoms with Gasteiger partial charge in [-0.15, -0.1) is 5.10 Å². The Hall–Kier alpha value is -3.60. The number of thioether (sulfide) groups is 1. The van der Waals surface area contributed by atoms with E-state index in [1.54, 1.807) is 23.7 Å². The summed E-state index contributed by atoms with van der Waals surface area (Å²) in [6.45, 7) is 3.92. The molecule has 1 atom stereocenters. The largest absolute Gasteiger partial charge is 0.467 e. The normalized spacial score (nSPS) is 16.1. The Bertz CT molecular complexity index is 1110. The summed E-state index contributed by atoms with van der Waals surface area (Å²) in [4.78, 5) is 25.0. The third-order valence-corrected chi connectivity index (χ3v) is 5.49. The van der Waals surface area contributed by atoms with Gasteiger partial charge in [0.2, 0.25) is 5.16 Å². The Morgan fingerprint density at radius 3 is 2.81 bits per heavy atom. The molecule has 2 amide bonds. The van der Waals surface area contributed by atoms with Gasteiger partial charge in [-0.25, -0.2) is 9.59 Å². The molecule has 2 aromatic heterocycles. The maximum atomic E-state index is 12.7. The number of urea groups is 1. The predicted molar refractivity (Wildman–Crippen MR) is 111 cm³/mol. The number of nitrogens with one attached hydrogen (secondary N) is 2. The van der Waals surface area contributed by atoms with Crippen molar-refractivity contribution in [1.29, 1.82) is 0 Å². The van der Waals surface area contributed by atoms with E-state index in [0.717, 1.165) is 11.3 Å². The number of esters is 1. The lowest BCUT2D eigenvalue weighted by molar-refractivity contribution is -0.139. The van der Waals surface area contributed by atoms with Gasteiger partial charge < -0.3 is 19.8 Å². The number of amides is 2. The van der Waals surface area contributed by atoms with Gasteiger partial charge in [0.05, 0.1) is 24.1 Å². The average molecular weight is 440 g/mol. The lowest BCUT2D eigenvalue weighted by Crippen LogP contribution is -2.46. The molecule has 11 heteroatoms. The van der Waals surface area contributed by atoms with Gasteiger partial charge in [-0.05, 0) is 48.5 Å². The zero-order valence-corrected chi connectivity index (χ0v) is 17.7. The molecular weight excluding hydrogens is 420 g/mol. The van der Waals surface area contributed by atoms with Crippen molar-refractivity contribution in [2.45, 2.75) is 25.0 Å². The van der Waals surface area contributed by atoms with Crippen molar-refractivity contribution in [3.8, 4) is 5.69 Å². The van der Waals surface area contributed by atoms with Crippen LogP contribution in [0.4, 0.5) is 4.79 Å². The average Bonchev–Trinajstić information content (AvgIpc) is 3.45. The Morgan fingerprint density at radius 1 is 1.29 bits per heavy atom. The van der Waals surface area contributed by atoms with E-state index < -0.39 is 18.0 Å². The van der Waals surface area contributed by atoms with Crippen LogP contribution in [-0.4, -0.2) is 44.6 Å². The molecule has 31 heavy (non-hydrogen) atoms. The zero-order chi connectivity index (χ0) is 21.8. The molecule has 0 bridgehead atoms. The van der Waals surface area contributed by atoms with Crippen molar-refractivity contribution in [1.82, 2.24) is 30.8 Å². The molecule has 4 rings (SSSR count). The Balaban J connectivity index is 1.64. The zero-order valence-electron chi connectivity index (χ0n) is 16.9. The summed E-state index contributed by atoms with van der Waals surface area (Å²) in [6, 6.07) is 9.95. The number of ether oxygens (including phenoxy) is 1. The van der Waals surface area contributed by atoms with Crippen molar-refractivity contribution < 1.29 is 18.7 Å². The van der Waals surface area contributed by atoms with E-state index in [9.17, 15) is 9.59 Å². The number of hydrogen-bond acceptors (Lipinski definition) is 8. The highest BCUT2D eigenvalue weighted by atomic mass is 32.2. The number of carbonyl (C=O) groups is 2. The Kier molecular flexibility index (Phi) is 6.03. The van der Waals surface area contributed by atoms with Crippen LogP contribution in [0.25, 0.3) is 5.69 Å². The summed E-state index contributed by atoms with van der Waals surface area (Å²) in [7, 11) is 0. The van der Waals surface area contributed by atoms with Crippen LogP contribution < -0.4 is 10.6 Å². The first-order valence-electron chi connectivity index (χ1n) is 9.56. The molecule has 3 aromatic rings. The number of tetrazole rings is 1. The smallest absolute Gasteiger partial charge is 0.338 e. The fourth-order valence-electron chi connectivity index (χ4n) is 3.10. The fraction of sp³-hybridized carbons (Fsp3) is 0.250. The SMILES string of the molecule is CCOC(=O)C1=C(CSc2nnnn2-c2ccc(C)cc2)NC(=O)N[C@H]1c1ccco1. The third kappa shape index (κ3) is 4.45. The van der Waals surface area contributed by atoms with Crippen molar-refractivity contribution in [2.24, 2.45) is 0 Å². The number of nitrogens with zero attached hydrogens (tertiary/aromatic N) is 4. The van der Waals surface area contributed by atoms with Crippen molar-refractivity contribution in [3.63, 3.8) is 0 Å². The van der Waals surface area contributed by atoms with Gasteiger partial charge in [-0.2, -0.15) is 4.68 Å². The summed E-state index contributed by atoms with van der Waals surface area (Å²) >= 11 is 1.29. The first-order chi connectivity index (χ1) is 15.1. The van der Waals surface area contributed by atoms with Gasteiger partial charge >= 0.3 is 12.0 Å². The van der Waals surface area contributed by atoms with Gasteiger partial charge in [-0.3, -0.25) is 0 Å². The quantitative estimate of drug-likeness (QED) is 0.424. The van der Waals surface area contributed by atoms with Crippen LogP contribution in [0.2, 0.25) is 0 Å². The van der Waals surface area contributed by atoms with Crippen LogP contribution in [-0.2, 0) is 9.53 Å². The number of rotatable bonds is 7. The van der Waals surface area contributed by atoms with Crippen LogP contribution in [0.3, 0.4) is 0 Å². The van der Waals surface area contributed by atoms with E-state index in [-0.39, 0.29) is 17.9 Å². The Morgan fingerprint density at radius 2 is 2.10 bits per heavy atom. The minimum atomic E-state index is -0.758. The topological polar surface area (TPSA) is 124 Å². The highest BCUT2D eigenvalue weighted by Gasteiger charge is 2.35. The molecule has 1 aliphatic heterocycles. The van der Waals surface area contributed by atoms with E-state index in [2.05, 4.69) is 26.2 Å². The molecule has 3 heterocycles. The number of benzene rings is 1. The highest BCUT2D eigenvalue weighted by Crippen LogP contribution is 2.30. The van der Waals surface area contributed by atoms with E-state index in [1.165, 1.54) is 18.0 Å². The molecule has 160 valence electrons. The molecule has 0 radical (unpaired) electrons. The second-order valence-corrected chi connectivity index (χ2v) is 7.60. The summed E-state index contributed by atoms with van der Waals surface area (Å²) < 4.78 is 12.3. The van der Waals surface area contributed by atoms with Gasteiger partial charge in [-0.1, -0.05) is 29.5 Å². The second-order valence-electron chi connectivity index (χ2n) is 6.66. The molecule has 0 saturated carbocycles. The molecule has 0 saturated heterocycles. The summed E-state index contributed by atoms with van der Waals surface area (Å²) in [5.74, 6) is 0.139. The van der Waals surface area contributed by atoms with E-state index in [1.807, 2.05) is 31.2 Å². The van der Waals surface area contributed by atoms with E-state index >= 15 is 0 Å². The van der Waals surface area contributed by atoms with Crippen LogP contribution in [0.1, 0.15) is 24.3 Å². The molecular formula is C20H20N6O4S. The predicted octanol–water partition coefficient (Wildman–Crippen LogP) is 2.53. The van der Waals surface area contributed by atoms with Crippen molar-refractivity contribution in [2.75, 3.05) is 12.4 Å². The number of aromatic nitrogens is 4. The maximum absolute atomic E-state index is 12.7. The number of carbonyl (C=O) groups excluding carboxylic acids is 2. The van der Waals surface area contributed by atoms with Gasteiger partial charge in [0.1, 0.15) is 11.8 Å². The summed E-state index contributed by atoms with van der Waals surface area (Å²) in [6.07, 6.45) is 1.48. The summed E-state index contributed by atoms with van der Waals surface area (Å²) in [5, 5.41) is 17.8. The standard InChI is InChI=1S/C20H20N6O4S/c1-3-29-18(27)16-14(21-19(28)22-17(16)15-5-4-10-30-15)11-31-20-23-24-25-26(20)13-8-6-12(2)7-9-13/h4-10,17H,3,11H2,1-2H3,(H2,21,22,28)/t17-/m0/s1. The molecule has 1 aliphatic rings. The van der Waals surface area contributed by atoms with Crippen molar-refractivity contribution >= 4 is 23.8 Å². The number of hydrogen-bond donors (Lipinski definition) is 2. The minimum absolute atomic E-state index is 0.202. The fourth-order valence-corrected chi connectivity index (χ4v) is 3.96. The van der Waals surface area contributed by atoms with Crippen LogP contribution >= 0.6 is 11.8 Å². The maximum Gasteiger partial charge on any atom is 0.338 e. The molecule has 2 N–H and O–H groups in total. The Labute approximate surface area is 182 Å². The molecule has 0 aliphatic carbocycles. The number of aryl methyl sites for hydroxylation is 1. The van der Waals surface area contributed by atoms with Gasteiger partial charge in [0, 0.05) is 11.4 Å². The lowest BCUT2D eigenvalue weighted by Gasteiger charge is -2.27. The minimum Gasteiger partial charge on any atom is -0.467 e. The molecule has 0 fully saturated rings. The van der Waals surface area contributed by atoms with Gasteiger partial charge in [0.25, 0.3) is 0 Å². The summed E-state index contributed by atoms with van der Waals surface area (Å²) in [5.41, 5.74) is 2.61. The van der Waals surface area contributed by atoms with Crippen molar-refractivity contribution in [3.05, 3.63) is 65.3 Å². The highest BCUT2D eigenvalue weighted by molar-refractivity contribution is 7.99. The van der Waals surface area contributed by atoms with E-state index in [4.69, 9.17) is 9.15 Å². The van der Waals surface area contributed by atoms with Crippen LogP contribution in [0.5, 0.6) is 0 Å².